The van der Waals surface area contributed by atoms with Crippen LogP contribution in [-0.2, 0) is 6.54 Å². The molecule has 5 aromatic rings. The number of ether oxygens (including phenoxy) is 1. The summed E-state index contributed by atoms with van der Waals surface area (Å²) in [6.45, 7) is 2.45. The second kappa shape index (κ2) is 11.8. The molecule has 0 fully saturated rings. The van der Waals surface area contributed by atoms with E-state index in [1.54, 1.807) is 0 Å². The van der Waals surface area contributed by atoms with E-state index in [1.807, 2.05) is 92.1 Å². The van der Waals surface area contributed by atoms with E-state index in [2.05, 4.69) is 59.5 Å². The molecule has 0 saturated heterocycles. The molecule has 0 aliphatic carbocycles. The molecule has 0 saturated carbocycles. The number of hydrogen-bond donors (Lipinski definition) is 1. The van der Waals surface area contributed by atoms with Gasteiger partial charge in [0.05, 0.1) is 17.9 Å². The first kappa shape index (κ1) is 25.8. The van der Waals surface area contributed by atoms with Gasteiger partial charge in [-0.3, -0.25) is 4.99 Å². The minimum absolute atomic E-state index is 0.431. The number of fused-ring (bicyclic) bond motifs is 3. The van der Waals surface area contributed by atoms with Gasteiger partial charge in [0.25, 0.3) is 0 Å². The van der Waals surface area contributed by atoms with Crippen LogP contribution in [0.1, 0.15) is 23.6 Å². The van der Waals surface area contributed by atoms with E-state index in [-0.39, 0.29) is 0 Å². The second-order valence-corrected chi connectivity index (χ2v) is 9.67. The Morgan fingerprint density at radius 2 is 1.54 bits per heavy atom. The molecular weight excluding hydrogens is 504 g/mol. The molecular formula is C36H30N4O. The van der Waals surface area contributed by atoms with Gasteiger partial charge >= 0.3 is 0 Å². The number of amidine groups is 2. The van der Waals surface area contributed by atoms with Gasteiger partial charge in [0.2, 0.25) is 0 Å². The lowest BCUT2D eigenvalue weighted by Gasteiger charge is -2.31. The molecule has 41 heavy (non-hydrogen) atoms. The molecule has 0 bridgehead atoms. The number of nitrogens with zero attached hydrogens (tertiary/aromatic N) is 3. The van der Waals surface area contributed by atoms with E-state index in [0.717, 1.165) is 50.3 Å². The summed E-state index contributed by atoms with van der Waals surface area (Å²) in [7, 11) is 0. The van der Waals surface area contributed by atoms with Crippen LogP contribution in [0.5, 0.6) is 5.75 Å². The van der Waals surface area contributed by atoms with Crippen molar-refractivity contribution in [3.63, 3.8) is 0 Å². The molecule has 0 spiro atoms. The lowest BCUT2D eigenvalue weighted by molar-refractivity contribution is 0.474. The van der Waals surface area contributed by atoms with Crippen LogP contribution >= 0.6 is 0 Å². The number of aliphatic imine (C=N–C) groups is 2. The summed E-state index contributed by atoms with van der Waals surface area (Å²) >= 11 is 0. The third kappa shape index (κ3) is 5.52. The van der Waals surface area contributed by atoms with E-state index in [0.29, 0.717) is 18.2 Å². The summed E-state index contributed by atoms with van der Waals surface area (Å²) in [6.07, 6.45) is 5.88. The summed E-state index contributed by atoms with van der Waals surface area (Å²) in [5.74, 6) is 1.87. The minimum Gasteiger partial charge on any atom is -0.460 e. The molecule has 1 aliphatic rings. The van der Waals surface area contributed by atoms with E-state index in [9.17, 15) is 0 Å². The molecule has 0 aromatic heterocycles. The van der Waals surface area contributed by atoms with Crippen molar-refractivity contribution in [1.29, 1.82) is 0 Å². The highest BCUT2D eigenvalue weighted by Crippen LogP contribution is 2.44. The van der Waals surface area contributed by atoms with Crippen molar-refractivity contribution in [3.05, 3.63) is 162 Å². The Morgan fingerprint density at radius 3 is 2.32 bits per heavy atom. The Balaban J connectivity index is 1.37. The topological polar surface area (TPSA) is 63.2 Å². The third-order valence-corrected chi connectivity index (χ3v) is 6.90. The van der Waals surface area contributed by atoms with Crippen LogP contribution in [-0.4, -0.2) is 11.7 Å². The summed E-state index contributed by atoms with van der Waals surface area (Å²) in [4.78, 5) is 11.9. The zero-order chi connectivity index (χ0) is 28.0. The number of rotatable bonds is 6. The zero-order valence-electron chi connectivity index (χ0n) is 22.8. The van der Waals surface area contributed by atoms with Gasteiger partial charge in [-0.2, -0.15) is 0 Å². The molecule has 6 rings (SSSR count). The lowest BCUT2D eigenvalue weighted by Crippen LogP contribution is -2.20. The summed E-state index contributed by atoms with van der Waals surface area (Å²) in [5, 5.41) is 2.22. The summed E-state index contributed by atoms with van der Waals surface area (Å²) in [6, 6.07) is 40.7. The van der Waals surface area contributed by atoms with Crippen LogP contribution in [0.3, 0.4) is 0 Å². The molecule has 0 unspecified atom stereocenters. The van der Waals surface area contributed by atoms with Crippen LogP contribution < -0.4 is 15.4 Å². The molecule has 1 aliphatic heterocycles. The Bertz CT molecular complexity index is 1800. The van der Waals surface area contributed by atoms with Gasteiger partial charge in [0, 0.05) is 22.2 Å². The molecule has 5 nitrogen and oxygen atoms in total. The Hall–Kier alpha value is -5.42. The van der Waals surface area contributed by atoms with Crippen molar-refractivity contribution < 1.29 is 4.74 Å². The zero-order valence-corrected chi connectivity index (χ0v) is 22.8. The lowest BCUT2D eigenvalue weighted by atomic mass is 10.1. The number of hydrogen-bond acceptors (Lipinski definition) is 3. The Morgan fingerprint density at radius 1 is 0.805 bits per heavy atom. The standard InChI is InChI=1S/C36H30N4O/c1-2-12-31-25-41-34-32-20-10-9-14-27(32)21-22-33(34)40(31)30-19-11-13-26(23-30)24-38-36(29-17-7-4-8-18-29)39-35(37)28-15-5-3-6-16-28/h2-23,25H,24H2,1H3,(H2,37,38,39)/b12-2-. The van der Waals surface area contributed by atoms with Crippen LogP contribution in [0.15, 0.2) is 155 Å². The van der Waals surface area contributed by atoms with E-state index in [4.69, 9.17) is 20.5 Å². The second-order valence-electron chi connectivity index (χ2n) is 9.67. The predicted octanol–water partition coefficient (Wildman–Crippen LogP) is 8.14. The van der Waals surface area contributed by atoms with Crippen molar-refractivity contribution in [1.82, 2.24) is 0 Å². The minimum atomic E-state index is 0.431. The van der Waals surface area contributed by atoms with E-state index >= 15 is 0 Å². The molecule has 1 heterocycles. The first-order valence-electron chi connectivity index (χ1n) is 13.6. The van der Waals surface area contributed by atoms with Gasteiger partial charge < -0.3 is 15.4 Å². The number of allylic oxidation sites excluding steroid dienone is 2. The average molecular weight is 535 g/mol. The van der Waals surface area contributed by atoms with Gasteiger partial charge in [-0.05, 0) is 42.1 Å². The first-order valence-corrected chi connectivity index (χ1v) is 13.6. The van der Waals surface area contributed by atoms with Crippen LogP contribution in [0.2, 0.25) is 0 Å². The SMILES string of the molecule is C/C=C\C1=COc2c(ccc3ccccc23)N1c1cccc(CN=C(N=C(N)c2ccccc2)c2ccccc2)c1. The number of anilines is 2. The average Bonchev–Trinajstić information content (AvgIpc) is 3.03. The molecule has 2 N–H and O–H groups in total. The molecule has 5 heteroatoms. The van der Waals surface area contributed by atoms with Gasteiger partial charge in [-0.25, -0.2) is 4.99 Å². The van der Waals surface area contributed by atoms with Crippen molar-refractivity contribution in [3.8, 4) is 5.75 Å². The van der Waals surface area contributed by atoms with Crippen molar-refractivity contribution in [2.75, 3.05) is 4.90 Å². The monoisotopic (exact) mass is 534 g/mol. The molecule has 0 amide bonds. The fourth-order valence-corrected chi connectivity index (χ4v) is 4.94. The van der Waals surface area contributed by atoms with E-state index < -0.39 is 0 Å². The highest BCUT2D eigenvalue weighted by molar-refractivity contribution is 6.10. The van der Waals surface area contributed by atoms with Gasteiger partial charge in [-0.15, -0.1) is 0 Å². The normalized spacial score (nSPS) is 13.7. The van der Waals surface area contributed by atoms with Crippen LogP contribution in [0.25, 0.3) is 10.8 Å². The largest absolute Gasteiger partial charge is 0.460 e. The van der Waals surface area contributed by atoms with Crippen molar-refractivity contribution in [2.45, 2.75) is 13.5 Å². The first-order chi connectivity index (χ1) is 20.2. The van der Waals surface area contributed by atoms with Gasteiger partial charge in [0.1, 0.15) is 12.1 Å². The third-order valence-electron chi connectivity index (χ3n) is 6.90. The van der Waals surface area contributed by atoms with Gasteiger partial charge in [0.15, 0.2) is 11.6 Å². The maximum Gasteiger partial charge on any atom is 0.158 e. The highest BCUT2D eigenvalue weighted by atomic mass is 16.5. The maximum atomic E-state index is 6.39. The number of benzene rings is 5. The van der Waals surface area contributed by atoms with Crippen LogP contribution in [0, 0.1) is 0 Å². The molecule has 5 aromatic carbocycles. The smallest absolute Gasteiger partial charge is 0.158 e. The highest BCUT2D eigenvalue weighted by Gasteiger charge is 2.23. The maximum absolute atomic E-state index is 6.39. The summed E-state index contributed by atoms with van der Waals surface area (Å²) < 4.78 is 6.18. The fraction of sp³-hybridized carbons (Fsp3) is 0.0556. The summed E-state index contributed by atoms with van der Waals surface area (Å²) in [5.41, 5.74) is 12.2. The number of nitrogens with two attached hydrogens (primary N) is 1. The fourth-order valence-electron chi connectivity index (χ4n) is 4.94. The quantitative estimate of drug-likeness (QED) is 0.177. The molecule has 0 radical (unpaired) electrons. The predicted molar refractivity (Wildman–Crippen MR) is 170 cm³/mol. The van der Waals surface area contributed by atoms with Gasteiger partial charge in [-0.1, -0.05) is 109 Å². The molecule has 0 atom stereocenters. The Kier molecular flexibility index (Phi) is 7.41. The van der Waals surface area contributed by atoms with E-state index in [1.165, 1.54) is 0 Å². The van der Waals surface area contributed by atoms with Crippen molar-refractivity contribution in [2.24, 2.45) is 15.7 Å². The van der Waals surface area contributed by atoms with Crippen molar-refractivity contribution >= 4 is 33.8 Å². The molecule has 200 valence electrons. The van der Waals surface area contributed by atoms with Crippen LogP contribution in [0.4, 0.5) is 11.4 Å². The Labute approximate surface area is 240 Å².